The van der Waals surface area contributed by atoms with Crippen molar-refractivity contribution < 1.29 is 34.6 Å². The van der Waals surface area contributed by atoms with Crippen molar-refractivity contribution >= 4 is 11.6 Å². The lowest BCUT2D eigenvalue weighted by Crippen LogP contribution is -2.55. The maximum atomic E-state index is 10.5. The molecule has 3 unspecified atom stereocenters. The van der Waals surface area contributed by atoms with Crippen LogP contribution in [0.1, 0.15) is 42.1 Å². The third-order valence-corrected chi connectivity index (χ3v) is 7.01. The van der Waals surface area contributed by atoms with E-state index in [1.807, 2.05) is 24.3 Å². The van der Waals surface area contributed by atoms with Gasteiger partial charge in [-0.05, 0) is 60.6 Å². The highest BCUT2D eigenvalue weighted by Crippen LogP contribution is 2.40. The number of halogens is 1. The summed E-state index contributed by atoms with van der Waals surface area (Å²) < 4.78 is 17.9. The Morgan fingerprint density at radius 2 is 1.62 bits per heavy atom. The molecule has 0 spiro atoms. The van der Waals surface area contributed by atoms with Gasteiger partial charge in [0.1, 0.15) is 42.7 Å². The third kappa shape index (κ3) is 3.98. The SMILES string of the molecule is OC[C@H]1OC(c2ccc(Cl)c(Cc3ccc4c(c3)OC3CCCC3O4)c2)[C@H](O)[C@@H](O)[C@@H]1O. The summed E-state index contributed by atoms with van der Waals surface area (Å²) in [4.78, 5) is 0. The summed E-state index contributed by atoms with van der Waals surface area (Å²) in [5.74, 6) is 1.50. The predicted octanol–water partition coefficient (Wildman–Crippen LogP) is 2.14. The van der Waals surface area contributed by atoms with Crippen molar-refractivity contribution in [3.8, 4) is 11.5 Å². The topological polar surface area (TPSA) is 109 Å². The fraction of sp³-hybridized carbons (Fsp3) is 0.500. The molecule has 2 aromatic carbocycles. The molecule has 172 valence electrons. The highest BCUT2D eigenvalue weighted by Gasteiger charge is 2.44. The highest BCUT2D eigenvalue weighted by atomic mass is 35.5. The third-order valence-electron chi connectivity index (χ3n) is 6.64. The van der Waals surface area contributed by atoms with Crippen LogP contribution in [0, 0.1) is 0 Å². The zero-order valence-electron chi connectivity index (χ0n) is 17.4. The van der Waals surface area contributed by atoms with Crippen molar-refractivity contribution in [2.45, 2.75) is 68.4 Å². The van der Waals surface area contributed by atoms with E-state index in [1.165, 1.54) is 0 Å². The first-order valence-electron chi connectivity index (χ1n) is 11.0. The van der Waals surface area contributed by atoms with Crippen LogP contribution in [0.15, 0.2) is 36.4 Å². The molecule has 2 aliphatic heterocycles. The predicted molar refractivity (Wildman–Crippen MR) is 116 cm³/mol. The second kappa shape index (κ2) is 8.82. The van der Waals surface area contributed by atoms with Gasteiger partial charge in [0.25, 0.3) is 0 Å². The van der Waals surface area contributed by atoms with Crippen LogP contribution in [0.25, 0.3) is 0 Å². The Hall–Kier alpha value is -1.87. The van der Waals surface area contributed by atoms with Crippen molar-refractivity contribution in [2.75, 3.05) is 6.61 Å². The molecule has 2 heterocycles. The van der Waals surface area contributed by atoms with E-state index in [9.17, 15) is 20.4 Å². The molecule has 3 aliphatic rings. The number of aliphatic hydroxyl groups is 4. The highest BCUT2D eigenvalue weighted by molar-refractivity contribution is 6.31. The van der Waals surface area contributed by atoms with E-state index >= 15 is 0 Å². The Balaban J connectivity index is 1.38. The average Bonchev–Trinajstić information content (AvgIpc) is 3.25. The molecule has 4 N–H and O–H groups in total. The minimum Gasteiger partial charge on any atom is -0.483 e. The number of aliphatic hydroxyl groups excluding tert-OH is 4. The van der Waals surface area contributed by atoms with Gasteiger partial charge in [0.2, 0.25) is 0 Å². The van der Waals surface area contributed by atoms with Gasteiger partial charge < -0.3 is 34.6 Å². The molecule has 8 heteroatoms. The molecule has 0 radical (unpaired) electrons. The summed E-state index contributed by atoms with van der Waals surface area (Å²) in [7, 11) is 0. The van der Waals surface area contributed by atoms with E-state index in [0.717, 1.165) is 41.9 Å². The lowest BCUT2D eigenvalue weighted by molar-refractivity contribution is -0.231. The van der Waals surface area contributed by atoms with E-state index in [2.05, 4.69) is 0 Å². The Labute approximate surface area is 191 Å². The van der Waals surface area contributed by atoms with E-state index in [-0.39, 0.29) is 12.2 Å². The van der Waals surface area contributed by atoms with Crippen molar-refractivity contribution in [3.05, 3.63) is 58.1 Å². The van der Waals surface area contributed by atoms with Gasteiger partial charge in [-0.1, -0.05) is 29.8 Å². The molecule has 7 atom stereocenters. The minimum absolute atomic E-state index is 0.107. The molecule has 1 saturated heterocycles. The zero-order chi connectivity index (χ0) is 22.4. The lowest BCUT2D eigenvalue weighted by Gasteiger charge is -2.40. The molecule has 2 aromatic rings. The van der Waals surface area contributed by atoms with Gasteiger partial charge in [0.15, 0.2) is 11.5 Å². The quantitative estimate of drug-likeness (QED) is 0.551. The van der Waals surface area contributed by atoms with Gasteiger partial charge >= 0.3 is 0 Å². The Bertz CT molecular complexity index is 981. The van der Waals surface area contributed by atoms with E-state index < -0.39 is 37.1 Å². The molecule has 0 aromatic heterocycles. The number of hydrogen-bond donors (Lipinski definition) is 4. The maximum Gasteiger partial charge on any atom is 0.162 e. The Kier molecular flexibility index (Phi) is 6.05. The fourth-order valence-corrected chi connectivity index (χ4v) is 5.03. The normalized spacial score (nSPS) is 33.7. The number of hydrogen-bond acceptors (Lipinski definition) is 7. The van der Waals surface area contributed by atoms with Crippen molar-refractivity contribution in [1.82, 2.24) is 0 Å². The number of fused-ring (bicyclic) bond motifs is 2. The molecular weight excluding hydrogens is 436 g/mol. The minimum atomic E-state index is -1.43. The van der Waals surface area contributed by atoms with Gasteiger partial charge in [0, 0.05) is 5.02 Å². The monoisotopic (exact) mass is 462 g/mol. The largest absolute Gasteiger partial charge is 0.483 e. The number of benzene rings is 2. The molecule has 32 heavy (non-hydrogen) atoms. The Morgan fingerprint density at radius 1 is 0.875 bits per heavy atom. The van der Waals surface area contributed by atoms with Crippen LogP contribution in [0.2, 0.25) is 5.02 Å². The van der Waals surface area contributed by atoms with Crippen molar-refractivity contribution in [2.24, 2.45) is 0 Å². The van der Waals surface area contributed by atoms with Crippen molar-refractivity contribution in [3.63, 3.8) is 0 Å². The first-order chi connectivity index (χ1) is 15.4. The lowest BCUT2D eigenvalue weighted by atomic mass is 9.90. The summed E-state index contributed by atoms with van der Waals surface area (Å²) in [5, 5.41) is 40.6. The molecule has 1 aliphatic carbocycles. The van der Waals surface area contributed by atoms with Crippen LogP contribution >= 0.6 is 11.6 Å². The first-order valence-corrected chi connectivity index (χ1v) is 11.4. The van der Waals surface area contributed by atoms with Gasteiger partial charge in [-0.3, -0.25) is 0 Å². The van der Waals surface area contributed by atoms with Gasteiger partial charge in [-0.25, -0.2) is 0 Å². The molecule has 0 amide bonds. The zero-order valence-corrected chi connectivity index (χ0v) is 18.2. The van der Waals surface area contributed by atoms with Gasteiger partial charge in [-0.15, -0.1) is 0 Å². The molecule has 7 nitrogen and oxygen atoms in total. The van der Waals surface area contributed by atoms with E-state index in [0.29, 0.717) is 17.0 Å². The van der Waals surface area contributed by atoms with Crippen LogP contribution in [-0.2, 0) is 11.2 Å². The molecule has 5 rings (SSSR count). The summed E-state index contributed by atoms with van der Waals surface area (Å²) in [5.41, 5.74) is 2.42. The smallest absolute Gasteiger partial charge is 0.162 e. The summed E-state index contributed by atoms with van der Waals surface area (Å²) >= 11 is 6.46. The maximum absolute atomic E-state index is 10.5. The van der Waals surface area contributed by atoms with E-state index in [1.54, 1.807) is 12.1 Å². The Morgan fingerprint density at radius 3 is 2.38 bits per heavy atom. The van der Waals surface area contributed by atoms with Crippen LogP contribution in [0.5, 0.6) is 11.5 Å². The fourth-order valence-electron chi connectivity index (χ4n) is 4.84. The number of ether oxygens (including phenoxy) is 3. The molecule has 1 saturated carbocycles. The average molecular weight is 463 g/mol. The van der Waals surface area contributed by atoms with Gasteiger partial charge in [0.05, 0.1) is 6.61 Å². The van der Waals surface area contributed by atoms with Crippen LogP contribution in [0.3, 0.4) is 0 Å². The van der Waals surface area contributed by atoms with Crippen LogP contribution in [-0.4, -0.2) is 63.7 Å². The number of rotatable bonds is 4. The molecule has 0 bridgehead atoms. The standard InChI is InChI=1S/C24H27ClO7/c25-15-6-5-13(24-23(29)22(28)21(27)20(11-26)32-24)10-14(15)8-12-4-7-18-19(9-12)31-17-3-1-2-16(17)30-18/h4-7,9-10,16-17,20-24,26-29H,1-3,8,11H2/t16?,17?,20-,21-,22+,23-,24?/m1/s1. The molecule has 2 fully saturated rings. The summed E-state index contributed by atoms with van der Waals surface area (Å²) in [6.07, 6.45) is -2.13. The second-order valence-electron chi connectivity index (χ2n) is 8.80. The van der Waals surface area contributed by atoms with Gasteiger partial charge in [-0.2, -0.15) is 0 Å². The van der Waals surface area contributed by atoms with E-state index in [4.69, 9.17) is 25.8 Å². The molecular formula is C24H27ClO7. The van der Waals surface area contributed by atoms with Crippen LogP contribution in [0.4, 0.5) is 0 Å². The van der Waals surface area contributed by atoms with Crippen molar-refractivity contribution in [1.29, 1.82) is 0 Å². The first kappa shape index (κ1) is 21.9. The second-order valence-corrected chi connectivity index (χ2v) is 9.21. The summed E-state index contributed by atoms with van der Waals surface area (Å²) in [6.45, 7) is -0.471. The summed E-state index contributed by atoms with van der Waals surface area (Å²) in [6, 6.07) is 11.1. The van der Waals surface area contributed by atoms with Crippen LogP contribution < -0.4 is 9.47 Å².